The molecule has 1 aromatic heterocycles. The molecule has 0 bridgehead atoms. The maximum Gasteiger partial charge on any atom is 0.258 e. The van der Waals surface area contributed by atoms with E-state index in [1.54, 1.807) is 0 Å². The molecule has 0 saturated carbocycles. The third kappa shape index (κ3) is 2.97. The molecule has 0 amide bonds. The topological polar surface area (TPSA) is 19.7 Å². The Morgan fingerprint density at radius 1 is 0.900 bits per heavy atom. The van der Waals surface area contributed by atoms with Gasteiger partial charge in [-0.05, 0) is 18.1 Å². The van der Waals surface area contributed by atoms with Gasteiger partial charge in [0.05, 0.1) is 6.42 Å². The van der Waals surface area contributed by atoms with E-state index in [1.165, 1.54) is 22.5 Å². The quantitative estimate of drug-likeness (QED) is 0.697. The van der Waals surface area contributed by atoms with Crippen molar-refractivity contribution in [2.75, 3.05) is 0 Å². The number of H-pyrrole nitrogens is 1. The molecule has 3 rings (SSSR count). The van der Waals surface area contributed by atoms with Gasteiger partial charge in [-0.15, -0.1) is 0 Å². The lowest BCUT2D eigenvalue weighted by Gasteiger charge is -2.03. The Bertz CT molecular complexity index is 666. The maximum absolute atomic E-state index is 3.35. The molecule has 0 aliphatic heterocycles. The van der Waals surface area contributed by atoms with Crippen LogP contribution < -0.4 is 4.57 Å². The summed E-state index contributed by atoms with van der Waals surface area (Å²) in [7, 11) is 0. The van der Waals surface area contributed by atoms with Crippen molar-refractivity contribution in [3.8, 4) is 0 Å². The van der Waals surface area contributed by atoms with Crippen LogP contribution in [0.3, 0.4) is 0 Å². The zero-order valence-electron chi connectivity index (χ0n) is 11.7. The van der Waals surface area contributed by atoms with Gasteiger partial charge in [0.15, 0.2) is 0 Å². The molecule has 1 heterocycles. The first-order valence-electron chi connectivity index (χ1n) is 6.96. The average Bonchev–Trinajstić information content (AvgIpc) is 2.90. The fraction of sp³-hybridized carbons (Fsp3) is 0.167. The van der Waals surface area contributed by atoms with Crippen molar-refractivity contribution < 1.29 is 4.57 Å². The summed E-state index contributed by atoms with van der Waals surface area (Å²) in [5.41, 5.74) is 3.96. The van der Waals surface area contributed by atoms with Crippen LogP contribution in [-0.4, -0.2) is 4.98 Å². The molecule has 100 valence electrons. The van der Waals surface area contributed by atoms with Gasteiger partial charge in [-0.25, -0.2) is 9.55 Å². The molecule has 0 spiro atoms. The zero-order chi connectivity index (χ0) is 13.8. The first-order chi connectivity index (χ1) is 9.81. The maximum atomic E-state index is 3.35. The van der Waals surface area contributed by atoms with Gasteiger partial charge in [0.25, 0.3) is 5.82 Å². The van der Waals surface area contributed by atoms with Crippen LogP contribution in [0.25, 0.3) is 0 Å². The molecule has 0 atom stereocenters. The van der Waals surface area contributed by atoms with Crippen molar-refractivity contribution in [1.82, 2.24) is 4.98 Å². The predicted octanol–water partition coefficient (Wildman–Crippen LogP) is 3.25. The van der Waals surface area contributed by atoms with E-state index in [2.05, 4.69) is 77.3 Å². The number of rotatable bonds is 4. The summed E-state index contributed by atoms with van der Waals surface area (Å²) in [6, 6.07) is 19.3. The minimum Gasteiger partial charge on any atom is -0.247 e. The normalized spacial score (nSPS) is 10.7. The highest BCUT2D eigenvalue weighted by Crippen LogP contribution is 2.06. The number of nitrogens with one attached hydrogen (secondary N) is 1. The van der Waals surface area contributed by atoms with E-state index in [9.17, 15) is 0 Å². The number of aromatic amines is 1. The second-order valence-corrected chi connectivity index (χ2v) is 5.18. The zero-order valence-corrected chi connectivity index (χ0v) is 11.7. The van der Waals surface area contributed by atoms with Gasteiger partial charge in [0.2, 0.25) is 0 Å². The van der Waals surface area contributed by atoms with Crippen molar-refractivity contribution in [2.45, 2.75) is 19.9 Å². The highest BCUT2D eigenvalue weighted by Gasteiger charge is 2.11. The van der Waals surface area contributed by atoms with Gasteiger partial charge in [-0.3, -0.25) is 0 Å². The third-order valence-corrected chi connectivity index (χ3v) is 3.54. The van der Waals surface area contributed by atoms with Crippen LogP contribution >= 0.6 is 0 Å². The highest BCUT2D eigenvalue weighted by atomic mass is 15.1. The van der Waals surface area contributed by atoms with Crippen molar-refractivity contribution in [3.05, 3.63) is 89.5 Å². The number of hydrogen-bond acceptors (Lipinski definition) is 0. The Labute approximate surface area is 119 Å². The van der Waals surface area contributed by atoms with E-state index < -0.39 is 0 Å². The Hall–Kier alpha value is -2.35. The number of benzene rings is 2. The predicted molar refractivity (Wildman–Crippen MR) is 80.5 cm³/mol. The van der Waals surface area contributed by atoms with Crippen LogP contribution in [-0.2, 0) is 13.0 Å². The van der Waals surface area contributed by atoms with Crippen LogP contribution in [0.5, 0.6) is 0 Å². The molecule has 2 aromatic carbocycles. The van der Waals surface area contributed by atoms with Crippen LogP contribution in [0.15, 0.2) is 67.0 Å². The van der Waals surface area contributed by atoms with Crippen LogP contribution in [0.2, 0.25) is 0 Å². The van der Waals surface area contributed by atoms with Crippen LogP contribution in [0, 0.1) is 6.92 Å². The van der Waals surface area contributed by atoms with Crippen LogP contribution in [0.1, 0.15) is 22.5 Å². The summed E-state index contributed by atoms with van der Waals surface area (Å²) >= 11 is 0. The summed E-state index contributed by atoms with van der Waals surface area (Å²) in [5.74, 6) is 1.23. The Morgan fingerprint density at radius 2 is 1.65 bits per heavy atom. The summed E-state index contributed by atoms with van der Waals surface area (Å²) in [6.45, 7) is 3.03. The first-order valence-corrected chi connectivity index (χ1v) is 6.96. The lowest BCUT2D eigenvalue weighted by Crippen LogP contribution is -2.36. The standard InChI is InChI=1S/C18H18N2/c1-15-7-9-17(10-8-15)14-20-12-11-19-18(20)13-16-5-3-2-4-6-16/h2-12H,13-14H2,1H3/p+1. The Balaban J connectivity index is 1.78. The van der Waals surface area contributed by atoms with Crippen molar-refractivity contribution >= 4 is 0 Å². The SMILES string of the molecule is Cc1ccc(C[n+]2cc[nH]c2Cc2ccccc2)cc1. The van der Waals surface area contributed by atoms with Gasteiger partial charge >= 0.3 is 0 Å². The molecule has 2 heteroatoms. The van der Waals surface area contributed by atoms with Gasteiger partial charge in [-0.2, -0.15) is 0 Å². The molecule has 0 fully saturated rings. The number of imidazole rings is 1. The molecule has 0 saturated heterocycles. The average molecular weight is 263 g/mol. The van der Waals surface area contributed by atoms with Crippen molar-refractivity contribution in [2.24, 2.45) is 0 Å². The molecule has 0 radical (unpaired) electrons. The van der Waals surface area contributed by atoms with Gasteiger partial charge in [-0.1, -0.05) is 60.2 Å². The molecule has 0 aliphatic rings. The lowest BCUT2D eigenvalue weighted by molar-refractivity contribution is -0.694. The van der Waals surface area contributed by atoms with E-state index in [0.29, 0.717) is 0 Å². The smallest absolute Gasteiger partial charge is 0.247 e. The third-order valence-electron chi connectivity index (χ3n) is 3.54. The molecule has 20 heavy (non-hydrogen) atoms. The summed E-state index contributed by atoms with van der Waals surface area (Å²) in [6.07, 6.45) is 5.05. The minimum atomic E-state index is 0.909. The highest BCUT2D eigenvalue weighted by molar-refractivity contribution is 5.21. The lowest BCUT2D eigenvalue weighted by atomic mass is 10.1. The second-order valence-electron chi connectivity index (χ2n) is 5.18. The fourth-order valence-corrected chi connectivity index (χ4v) is 2.38. The van der Waals surface area contributed by atoms with E-state index in [4.69, 9.17) is 0 Å². The minimum absolute atomic E-state index is 0.909. The molecule has 0 unspecified atom stereocenters. The number of aryl methyl sites for hydroxylation is 1. The van der Waals surface area contributed by atoms with Crippen molar-refractivity contribution in [3.63, 3.8) is 0 Å². The van der Waals surface area contributed by atoms with E-state index in [-0.39, 0.29) is 0 Å². The molecule has 1 N–H and O–H groups in total. The van der Waals surface area contributed by atoms with E-state index >= 15 is 0 Å². The molecule has 2 nitrogen and oxygen atoms in total. The Morgan fingerprint density at radius 3 is 2.40 bits per heavy atom. The van der Waals surface area contributed by atoms with E-state index in [0.717, 1.165) is 13.0 Å². The van der Waals surface area contributed by atoms with E-state index in [1.807, 2.05) is 6.20 Å². The molecule has 3 aromatic rings. The summed E-state index contributed by atoms with van der Waals surface area (Å²) < 4.78 is 2.28. The molecular weight excluding hydrogens is 244 g/mol. The number of aromatic nitrogens is 2. The molecular formula is C18H19N2+. The number of hydrogen-bond donors (Lipinski definition) is 1. The Kier molecular flexibility index (Phi) is 3.64. The van der Waals surface area contributed by atoms with Gasteiger partial charge < -0.3 is 0 Å². The van der Waals surface area contributed by atoms with Crippen LogP contribution in [0.4, 0.5) is 0 Å². The largest absolute Gasteiger partial charge is 0.258 e. The number of nitrogens with zero attached hydrogens (tertiary/aromatic N) is 1. The van der Waals surface area contributed by atoms with Gasteiger partial charge in [0.1, 0.15) is 18.9 Å². The second kappa shape index (κ2) is 5.74. The first kappa shape index (κ1) is 12.7. The molecule has 0 aliphatic carbocycles. The summed E-state index contributed by atoms with van der Waals surface area (Å²) in [4.78, 5) is 3.35. The summed E-state index contributed by atoms with van der Waals surface area (Å²) in [5, 5.41) is 0. The fourth-order valence-electron chi connectivity index (χ4n) is 2.38. The monoisotopic (exact) mass is 263 g/mol. The van der Waals surface area contributed by atoms with Crippen molar-refractivity contribution in [1.29, 1.82) is 0 Å². The van der Waals surface area contributed by atoms with Gasteiger partial charge in [0, 0.05) is 0 Å².